The minimum atomic E-state index is -0.201. The third-order valence-electron chi connectivity index (χ3n) is 2.12. The van der Waals surface area contributed by atoms with Gasteiger partial charge < -0.3 is 9.84 Å². The number of aryl methyl sites for hydroxylation is 1. The first kappa shape index (κ1) is 10.9. The van der Waals surface area contributed by atoms with E-state index in [9.17, 15) is 4.79 Å². The zero-order valence-electron chi connectivity index (χ0n) is 8.53. The summed E-state index contributed by atoms with van der Waals surface area (Å²) >= 11 is 3.33. The molecule has 0 fully saturated rings. The Morgan fingerprint density at radius 1 is 1.44 bits per heavy atom. The van der Waals surface area contributed by atoms with Gasteiger partial charge in [0, 0.05) is 16.1 Å². The molecule has 82 valence electrons. The molecule has 0 bridgehead atoms. The Labute approximate surface area is 101 Å². The fourth-order valence-corrected chi connectivity index (χ4v) is 1.66. The fourth-order valence-electron chi connectivity index (χ4n) is 1.30. The van der Waals surface area contributed by atoms with E-state index in [1.807, 2.05) is 19.1 Å². The van der Waals surface area contributed by atoms with Crippen LogP contribution in [0.2, 0.25) is 0 Å². The van der Waals surface area contributed by atoms with E-state index in [0.717, 1.165) is 10.0 Å². The van der Waals surface area contributed by atoms with Crippen LogP contribution in [0.15, 0.2) is 39.5 Å². The Kier molecular flexibility index (Phi) is 3.05. The van der Waals surface area contributed by atoms with Crippen LogP contribution in [0.4, 0.5) is 5.82 Å². The molecule has 2 rings (SSSR count). The van der Waals surface area contributed by atoms with Gasteiger partial charge in [-0.15, -0.1) is 0 Å². The number of halogens is 1. The second-order valence-corrected chi connectivity index (χ2v) is 4.21. The van der Waals surface area contributed by atoms with Gasteiger partial charge in [-0.05, 0) is 24.6 Å². The summed E-state index contributed by atoms with van der Waals surface area (Å²) in [7, 11) is 0. The second kappa shape index (κ2) is 4.49. The number of benzene rings is 1. The average molecular weight is 281 g/mol. The lowest BCUT2D eigenvalue weighted by Gasteiger charge is -2.05. The van der Waals surface area contributed by atoms with E-state index in [-0.39, 0.29) is 5.91 Å². The molecule has 1 aromatic heterocycles. The van der Waals surface area contributed by atoms with Crippen molar-refractivity contribution in [2.45, 2.75) is 6.92 Å². The van der Waals surface area contributed by atoms with Crippen molar-refractivity contribution in [3.05, 3.63) is 46.1 Å². The molecule has 0 unspecified atom stereocenters. The molecule has 0 aliphatic rings. The highest BCUT2D eigenvalue weighted by Gasteiger charge is 2.10. The highest BCUT2D eigenvalue weighted by molar-refractivity contribution is 9.10. The van der Waals surface area contributed by atoms with E-state index in [1.165, 1.54) is 6.26 Å². The standard InChI is InChI=1S/C11H9BrN2O2/c1-7-2-3-8(12)6-9(7)11(15)13-10-4-5-16-14-10/h2-6H,1H3,(H,13,14,15). The van der Waals surface area contributed by atoms with E-state index >= 15 is 0 Å². The highest BCUT2D eigenvalue weighted by atomic mass is 79.9. The van der Waals surface area contributed by atoms with Crippen LogP contribution in [0.25, 0.3) is 0 Å². The van der Waals surface area contributed by atoms with Crippen LogP contribution < -0.4 is 5.32 Å². The number of anilines is 1. The van der Waals surface area contributed by atoms with E-state index in [1.54, 1.807) is 12.1 Å². The van der Waals surface area contributed by atoms with Gasteiger partial charge in [-0.1, -0.05) is 27.2 Å². The quantitative estimate of drug-likeness (QED) is 0.920. The van der Waals surface area contributed by atoms with Crippen molar-refractivity contribution in [2.24, 2.45) is 0 Å². The first-order valence-corrected chi connectivity index (χ1v) is 5.44. The van der Waals surface area contributed by atoms with E-state index in [0.29, 0.717) is 11.4 Å². The normalized spacial score (nSPS) is 10.1. The van der Waals surface area contributed by atoms with Gasteiger partial charge in [-0.2, -0.15) is 0 Å². The van der Waals surface area contributed by atoms with Crippen molar-refractivity contribution in [1.29, 1.82) is 0 Å². The van der Waals surface area contributed by atoms with Crippen molar-refractivity contribution < 1.29 is 9.32 Å². The lowest BCUT2D eigenvalue weighted by atomic mass is 10.1. The number of hydrogen-bond donors (Lipinski definition) is 1. The molecular weight excluding hydrogens is 272 g/mol. The SMILES string of the molecule is Cc1ccc(Br)cc1C(=O)Nc1ccon1. The van der Waals surface area contributed by atoms with Crippen molar-refractivity contribution in [1.82, 2.24) is 5.16 Å². The molecule has 0 aliphatic heterocycles. The Bertz CT molecular complexity index is 509. The van der Waals surface area contributed by atoms with Crippen LogP contribution in [0.5, 0.6) is 0 Å². The average Bonchev–Trinajstić information content (AvgIpc) is 2.74. The molecule has 1 N–H and O–H groups in total. The summed E-state index contributed by atoms with van der Waals surface area (Å²) in [5, 5.41) is 6.26. The fraction of sp³-hybridized carbons (Fsp3) is 0.0909. The molecule has 0 atom stereocenters. The first-order valence-electron chi connectivity index (χ1n) is 4.65. The molecule has 1 heterocycles. The number of carbonyl (C=O) groups is 1. The van der Waals surface area contributed by atoms with Crippen LogP contribution >= 0.6 is 15.9 Å². The number of carbonyl (C=O) groups excluding carboxylic acids is 1. The van der Waals surface area contributed by atoms with Crippen molar-refractivity contribution >= 4 is 27.7 Å². The van der Waals surface area contributed by atoms with Crippen LogP contribution in [0.1, 0.15) is 15.9 Å². The molecule has 1 aromatic carbocycles. The van der Waals surface area contributed by atoms with Gasteiger partial charge in [-0.3, -0.25) is 4.79 Å². The molecule has 0 saturated heterocycles. The highest BCUT2D eigenvalue weighted by Crippen LogP contribution is 2.17. The van der Waals surface area contributed by atoms with Gasteiger partial charge in [0.1, 0.15) is 6.26 Å². The van der Waals surface area contributed by atoms with Crippen molar-refractivity contribution in [2.75, 3.05) is 5.32 Å². The van der Waals surface area contributed by atoms with Crippen LogP contribution in [-0.2, 0) is 0 Å². The largest absolute Gasteiger partial charge is 0.363 e. The lowest BCUT2D eigenvalue weighted by Crippen LogP contribution is -2.13. The maximum atomic E-state index is 11.9. The molecule has 5 heteroatoms. The van der Waals surface area contributed by atoms with Crippen molar-refractivity contribution in [3.8, 4) is 0 Å². The minimum absolute atomic E-state index is 0.201. The number of nitrogens with zero attached hydrogens (tertiary/aromatic N) is 1. The van der Waals surface area contributed by atoms with Gasteiger partial charge in [0.15, 0.2) is 5.82 Å². The van der Waals surface area contributed by atoms with Crippen LogP contribution in [0.3, 0.4) is 0 Å². The zero-order chi connectivity index (χ0) is 11.5. The number of aromatic nitrogens is 1. The van der Waals surface area contributed by atoms with E-state index < -0.39 is 0 Å². The van der Waals surface area contributed by atoms with Gasteiger partial charge in [0.05, 0.1) is 0 Å². The minimum Gasteiger partial charge on any atom is -0.363 e. The molecule has 2 aromatic rings. The number of hydrogen-bond acceptors (Lipinski definition) is 3. The maximum Gasteiger partial charge on any atom is 0.257 e. The van der Waals surface area contributed by atoms with Crippen LogP contribution in [-0.4, -0.2) is 11.1 Å². The summed E-state index contributed by atoms with van der Waals surface area (Å²) in [5.41, 5.74) is 1.52. The molecule has 0 saturated carbocycles. The molecule has 16 heavy (non-hydrogen) atoms. The van der Waals surface area contributed by atoms with Crippen molar-refractivity contribution in [3.63, 3.8) is 0 Å². The number of rotatable bonds is 2. The summed E-state index contributed by atoms with van der Waals surface area (Å²) in [4.78, 5) is 11.9. The van der Waals surface area contributed by atoms with E-state index in [2.05, 4.69) is 30.9 Å². The monoisotopic (exact) mass is 280 g/mol. The van der Waals surface area contributed by atoms with Gasteiger partial charge in [0.25, 0.3) is 5.91 Å². The molecular formula is C11H9BrN2O2. The Morgan fingerprint density at radius 2 is 2.25 bits per heavy atom. The predicted molar refractivity (Wildman–Crippen MR) is 63.3 cm³/mol. The molecule has 0 spiro atoms. The second-order valence-electron chi connectivity index (χ2n) is 3.30. The smallest absolute Gasteiger partial charge is 0.257 e. The van der Waals surface area contributed by atoms with Crippen LogP contribution in [0, 0.1) is 6.92 Å². The molecule has 0 aliphatic carbocycles. The first-order chi connectivity index (χ1) is 7.66. The Morgan fingerprint density at radius 3 is 2.94 bits per heavy atom. The molecule has 4 nitrogen and oxygen atoms in total. The van der Waals surface area contributed by atoms with E-state index in [4.69, 9.17) is 0 Å². The van der Waals surface area contributed by atoms with Gasteiger partial charge in [0.2, 0.25) is 0 Å². The third-order valence-corrected chi connectivity index (χ3v) is 2.62. The Balaban J connectivity index is 2.24. The zero-order valence-corrected chi connectivity index (χ0v) is 10.1. The maximum absolute atomic E-state index is 11.9. The summed E-state index contributed by atoms with van der Waals surface area (Å²) in [6, 6.07) is 7.12. The predicted octanol–water partition coefficient (Wildman–Crippen LogP) is 3.00. The van der Waals surface area contributed by atoms with Gasteiger partial charge >= 0.3 is 0 Å². The molecule has 1 amide bonds. The summed E-state index contributed by atoms with van der Waals surface area (Å²) in [6.45, 7) is 1.88. The topological polar surface area (TPSA) is 55.1 Å². The summed E-state index contributed by atoms with van der Waals surface area (Å²) in [6.07, 6.45) is 1.41. The number of amides is 1. The Hall–Kier alpha value is -1.62. The lowest BCUT2D eigenvalue weighted by molar-refractivity contribution is 0.102. The van der Waals surface area contributed by atoms with Gasteiger partial charge in [-0.25, -0.2) is 0 Å². The third kappa shape index (κ3) is 2.30. The molecule has 0 radical (unpaired) electrons. The number of nitrogens with one attached hydrogen (secondary N) is 1. The summed E-state index contributed by atoms with van der Waals surface area (Å²) < 4.78 is 5.50. The summed E-state index contributed by atoms with van der Waals surface area (Å²) in [5.74, 6) is 0.206.